The third-order valence-corrected chi connectivity index (χ3v) is 5.23. The summed E-state index contributed by atoms with van der Waals surface area (Å²) in [6.45, 7) is 9.09. The van der Waals surface area contributed by atoms with Gasteiger partial charge in [-0.15, -0.1) is 0 Å². The first-order valence-electron chi connectivity index (χ1n) is 10.1. The Kier molecular flexibility index (Phi) is 5.84. The molecule has 0 bridgehead atoms. The van der Waals surface area contributed by atoms with E-state index in [-0.39, 0.29) is 6.04 Å². The van der Waals surface area contributed by atoms with Gasteiger partial charge in [-0.2, -0.15) is 13.2 Å². The standard InChI is InChI=1S/C21H29F3N4O2/c1-5-28-16-12-13(21(22,23)24)6-7-15(16)17(25)18(28)27-10-8-14(9-11-27)26-19(29)30-20(2,3)4/h6-7,12,14H,5,8-11,25H2,1-4H3,(H,26,29). The Morgan fingerprint density at radius 3 is 2.40 bits per heavy atom. The number of hydrogen-bond donors (Lipinski definition) is 2. The van der Waals surface area contributed by atoms with Crippen LogP contribution in [-0.4, -0.2) is 35.4 Å². The van der Waals surface area contributed by atoms with Crippen LogP contribution in [0.1, 0.15) is 46.1 Å². The minimum atomic E-state index is -4.41. The number of nitrogens with two attached hydrogens (primary N) is 1. The molecule has 1 aromatic carbocycles. The maximum Gasteiger partial charge on any atom is 0.416 e. The van der Waals surface area contributed by atoms with Crippen molar-refractivity contribution in [2.45, 2.75) is 64.9 Å². The number of rotatable bonds is 3. The fourth-order valence-corrected chi connectivity index (χ4v) is 3.91. The predicted octanol–water partition coefficient (Wildman–Crippen LogP) is 4.76. The first-order chi connectivity index (χ1) is 13.9. The average molecular weight is 426 g/mol. The number of anilines is 2. The van der Waals surface area contributed by atoms with E-state index >= 15 is 0 Å². The highest BCUT2D eigenvalue weighted by molar-refractivity contribution is 6.00. The second-order valence-corrected chi connectivity index (χ2v) is 8.62. The lowest BCUT2D eigenvalue weighted by molar-refractivity contribution is -0.137. The van der Waals surface area contributed by atoms with Gasteiger partial charge in [-0.1, -0.05) is 6.07 Å². The Bertz CT molecular complexity index is 923. The SMILES string of the molecule is CCn1c(N2CCC(NC(=O)OC(C)(C)C)CC2)c(N)c2ccc(C(F)(F)F)cc21. The van der Waals surface area contributed by atoms with Gasteiger partial charge in [0.05, 0.1) is 16.8 Å². The molecule has 2 heterocycles. The van der Waals surface area contributed by atoms with Crippen LogP contribution in [0.5, 0.6) is 0 Å². The second-order valence-electron chi connectivity index (χ2n) is 8.62. The topological polar surface area (TPSA) is 72.5 Å². The number of amides is 1. The van der Waals surface area contributed by atoms with Crippen molar-refractivity contribution in [1.29, 1.82) is 0 Å². The number of hydrogen-bond acceptors (Lipinski definition) is 4. The van der Waals surface area contributed by atoms with Crippen LogP contribution in [0.3, 0.4) is 0 Å². The van der Waals surface area contributed by atoms with Crippen LogP contribution >= 0.6 is 0 Å². The van der Waals surface area contributed by atoms with Gasteiger partial charge in [0.25, 0.3) is 0 Å². The maximum atomic E-state index is 13.2. The van der Waals surface area contributed by atoms with Crippen molar-refractivity contribution in [3.8, 4) is 0 Å². The van der Waals surface area contributed by atoms with Crippen LogP contribution in [0.15, 0.2) is 18.2 Å². The number of nitrogen functional groups attached to an aromatic ring is 1. The highest BCUT2D eigenvalue weighted by Crippen LogP contribution is 2.39. The first kappa shape index (κ1) is 22.1. The van der Waals surface area contributed by atoms with Gasteiger partial charge in [0, 0.05) is 31.1 Å². The summed E-state index contributed by atoms with van der Waals surface area (Å²) in [7, 11) is 0. The first-order valence-corrected chi connectivity index (χ1v) is 10.1. The molecule has 166 valence electrons. The van der Waals surface area contributed by atoms with E-state index in [1.54, 1.807) is 0 Å². The van der Waals surface area contributed by atoms with E-state index < -0.39 is 23.4 Å². The number of aromatic nitrogens is 1. The number of benzene rings is 1. The molecule has 1 aromatic heterocycles. The number of carbonyl (C=O) groups is 1. The molecule has 3 rings (SSSR count). The Morgan fingerprint density at radius 1 is 1.23 bits per heavy atom. The van der Waals surface area contributed by atoms with Crippen LogP contribution in [0.4, 0.5) is 29.5 Å². The summed E-state index contributed by atoms with van der Waals surface area (Å²) in [5.41, 5.74) is 6.08. The molecule has 1 saturated heterocycles. The summed E-state index contributed by atoms with van der Waals surface area (Å²) < 4.78 is 46.6. The highest BCUT2D eigenvalue weighted by Gasteiger charge is 2.32. The lowest BCUT2D eigenvalue weighted by Gasteiger charge is -2.35. The van der Waals surface area contributed by atoms with Crippen LogP contribution in [0.25, 0.3) is 10.9 Å². The Morgan fingerprint density at radius 2 is 1.87 bits per heavy atom. The number of fused-ring (bicyclic) bond motifs is 1. The number of alkyl carbamates (subject to hydrolysis) is 1. The van der Waals surface area contributed by atoms with Crippen molar-refractivity contribution in [1.82, 2.24) is 9.88 Å². The fourth-order valence-electron chi connectivity index (χ4n) is 3.91. The molecule has 1 aliphatic rings. The molecule has 30 heavy (non-hydrogen) atoms. The fraction of sp³-hybridized carbons (Fsp3) is 0.571. The van der Waals surface area contributed by atoms with Gasteiger partial charge in [0.1, 0.15) is 11.4 Å². The Hall–Kier alpha value is -2.58. The molecule has 1 fully saturated rings. The minimum absolute atomic E-state index is 0.0198. The van der Waals surface area contributed by atoms with E-state index in [0.29, 0.717) is 49.1 Å². The molecule has 3 N–H and O–H groups in total. The minimum Gasteiger partial charge on any atom is -0.444 e. The molecule has 0 unspecified atom stereocenters. The number of piperidine rings is 1. The molecule has 0 radical (unpaired) electrons. The predicted molar refractivity (Wildman–Crippen MR) is 112 cm³/mol. The number of halogens is 3. The van der Waals surface area contributed by atoms with E-state index in [1.165, 1.54) is 6.07 Å². The molecule has 0 saturated carbocycles. The number of carbonyl (C=O) groups excluding carboxylic acids is 1. The lowest BCUT2D eigenvalue weighted by Crippen LogP contribution is -2.46. The average Bonchev–Trinajstić information content (AvgIpc) is 2.91. The molecule has 6 nitrogen and oxygen atoms in total. The van der Waals surface area contributed by atoms with Crippen molar-refractivity contribution < 1.29 is 22.7 Å². The van der Waals surface area contributed by atoms with Gasteiger partial charge in [-0.05, 0) is 52.7 Å². The van der Waals surface area contributed by atoms with Crippen LogP contribution in [0, 0.1) is 0 Å². The second kappa shape index (κ2) is 7.92. The monoisotopic (exact) mass is 426 g/mol. The van der Waals surface area contributed by atoms with E-state index in [1.807, 2.05) is 32.3 Å². The van der Waals surface area contributed by atoms with Crippen LogP contribution < -0.4 is 16.0 Å². The zero-order chi connectivity index (χ0) is 22.3. The van der Waals surface area contributed by atoms with E-state index in [4.69, 9.17) is 10.5 Å². The zero-order valence-electron chi connectivity index (χ0n) is 17.8. The number of alkyl halides is 3. The quantitative estimate of drug-likeness (QED) is 0.743. The van der Waals surface area contributed by atoms with Crippen LogP contribution in [-0.2, 0) is 17.5 Å². The van der Waals surface area contributed by atoms with Gasteiger partial charge in [0.15, 0.2) is 0 Å². The zero-order valence-corrected chi connectivity index (χ0v) is 17.8. The molecule has 0 spiro atoms. The van der Waals surface area contributed by atoms with Crippen molar-refractivity contribution in [3.05, 3.63) is 23.8 Å². The Balaban J connectivity index is 1.79. The summed E-state index contributed by atoms with van der Waals surface area (Å²) in [6, 6.07) is 3.66. The molecular formula is C21H29F3N4O2. The number of aryl methyl sites for hydroxylation is 1. The summed E-state index contributed by atoms with van der Waals surface area (Å²) >= 11 is 0. The largest absolute Gasteiger partial charge is 0.444 e. The third kappa shape index (κ3) is 4.60. The van der Waals surface area contributed by atoms with Gasteiger partial charge in [0.2, 0.25) is 0 Å². The van der Waals surface area contributed by atoms with Gasteiger partial charge in [-0.25, -0.2) is 4.79 Å². The maximum absolute atomic E-state index is 13.2. The molecule has 1 amide bonds. The highest BCUT2D eigenvalue weighted by atomic mass is 19.4. The summed E-state index contributed by atoms with van der Waals surface area (Å²) in [5.74, 6) is 0.738. The Labute approximate surface area is 174 Å². The molecule has 0 aliphatic carbocycles. The third-order valence-electron chi connectivity index (χ3n) is 5.23. The van der Waals surface area contributed by atoms with E-state index in [2.05, 4.69) is 10.2 Å². The summed E-state index contributed by atoms with van der Waals surface area (Å²) in [6.07, 6.45) is -3.46. The number of nitrogens with one attached hydrogen (secondary N) is 1. The number of nitrogens with zero attached hydrogens (tertiary/aromatic N) is 2. The molecular weight excluding hydrogens is 397 g/mol. The molecule has 2 aromatic rings. The lowest BCUT2D eigenvalue weighted by atomic mass is 10.1. The molecule has 9 heteroatoms. The molecule has 0 atom stereocenters. The summed E-state index contributed by atoms with van der Waals surface area (Å²) in [4.78, 5) is 14.1. The van der Waals surface area contributed by atoms with Crippen molar-refractivity contribution in [2.24, 2.45) is 0 Å². The van der Waals surface area contributed by atoms with Crippen molar-refractivity contribution in [3.63, 3.8) is 0 Å². The van der Waals surface area contributed by atoms with Crippen LogP contribution in [0.2, 0.25) is 0 Å². The van der Waals surface area contributed by atoms with Gasteiger partial charge >= 0.3 is 12.3 Å². The van der Waals surface area contributed by atoms with Crippen molar-refractivity contribution >= 4 is 28.5 Å². The van der Waals surface area contributed by atoms with Gasteiger partial charge in [-0.3, -0.25) is 0 Å². The van der Waals surface area contributed by atoms with Crippen molar-refractivity contribution in [2.75, 3.05) is 23.7 Å². The van der Waals surface area contributed by atoms with Gasteiger partial charge < -0.3 is 25.3 Å². The van der Waals surface area contributed by atoms with E-state index in [0.717, 1.165) is 18.0 Å². The summed E-state index contributed by atoms with van der Waals surface area (Å²) in [5, 5.41) is 3.51. The normalized spacial score (nSPS) is 16.2. The molecule has 1 aliphatic heterocycles. The smallest absolute Gasteiger partial charge is 0.416 e. The number of ether oxygens (including phenoxy) is 1. The van der Waals surface area contributed by atoms with E-state index in [9.17, 15) is 18.0 Å².